The maximum absolute atomic E-state index is 12.4. The lowest BCUT2D eigenvalue weighted by Gasteiger charge is -2.18. The fraction of sp³-hybridized carbons (Fsp3) is 0.700. The van der Waals surface area contributed by atoms with E-state index in [4.69, 9.17) is 19.3 Å². The molecule has 0 spiro atoms. The summed E-state index contributed by atoms with van der Waals surface area (Å²) in [7, 11) is -4.76. The second-order valence-corrected chi connectivity index (χ2v) is 13.8. The Labute approximate surface area is 298 Å². The molecule has 0 aromatic rings. The van der Waals surface area contributed by atoms with E-state index >= 15 is 0 Å². The zero-order valence-electron chi connectivity index (χ0n) is 30.8. The Bertz CT molecular complexity index is 979. The summed E-state index contributed by atoms with van der Waals surface area (Å²) in [5.74, 6) is -0.954. The predicted octanol–water partition coefficient (Wildman–Crippen LogP) is 11.3. The van der Waals surface area contributed by atoms with Crippen molar-refractivity contribution < 1.29 is 37.9 Å². The minimum atomic E-state index is -4.76. The first kappa shape index (κ1) is 46.8. The van der Waals surface area contributed by atoms with Crippen molar-refractivity contribution in [2.45, 2.75) is 168 Å². The highest BCUT2D eigenvalue weighted by Crippen LogP contribution is 2.36. The smallest absolute Gasteiger partial charge is 0.462 e. The largest absolute Gasteiger partial charge is 0.469 e. The van der Waals surface area contributed by atoms with Crippen molar-refractivity contribution in [2.75, 3.05) is 13.2 Å². The van der Waals surface area contributed by atoms with Crippen LogP contribution in [0.25, 0.3) is 0 Å². The predicted molar refractivity (Wildman–Crippen MR) is 202 cm³/mol. The van der Waals surface area contributed by atoms with Crippen LogP contribution in [0, 0.1) is 0 Å². The van der Waals surface area contributed by atoms with Crippen LogP contribution in [0.2, 0.25) is 0 Å². The van der Waals surface area contributed by atoms with E-state index in [0.717, 1.165) is 57.8 Å². The number of hydrogen-bond donors (Lipinski definition) is 2. The lowest BCUT2D eigenvalue weighted by Crippen LogP contribution is -2.29. The Kier molecular flexibility index (Phi) is 33.9. The van der Waals surface area contributed by atoms with E-state index in [2.05, 4.69) is 73.1 Å². The summed E-state index contributed by atoms with van der Waals surface area (Å²) in [6, 6.07) is 0. The topological polar surface area (TPSA) is 119 Å². The first-order chi connectivity index (χ1) is 23.8. The van der Waals surface area contributed by atoms with Gasteiger partial charge >= 0.3 is 19.8 Å². The number of carbonyl (C=O) groups is 2. The molecule has 0 saturated heterocycles. The van der Waals surface area contributed by atoms with Gasteiger partial charge in [0.15, 0.2) is 6.10 Å². The Hall–Kier alpha value is -2.25. The second-order valence-electron chi connectivity index (χ2n) is 12.5. The van der Waals surface area contributed by atoms with Gasteiger partial charge < -0.3 is 19.3 Å². The van der Waals surface area contributed by atoms with E-state index in [9.17, 15) is 14.2 Å². The van der Waals surface area contributed by atoms with Crippen LogP contribution in [0.15, 0.2) is 60.8 Å². The normalized spacial score (nSPS) is 13.1. The van der Waals surface area contributed by atoms with Gasteiger partial charge in [-0.2, -0.15) is 0 Å². The molecule has 0 saturated carbocycles. The molecule has 282 valence electrons. The van der Waals surface area contributed by atoms with Crippen LogP contribution < -0.4 is 0 Å². The lowest BCUT2D eigenvalue weighted by atomic mass is 10.0. The summed E-state index contributed by atoms with van der Waals surface area (Å²) in [5, 5.41) is 0. The number of hydrogen-bond acceptors (Lipinski definition) is 6. The van der Waals surface area contributed by atoms with Gasteiger partial charge in [-0.15, -0.1) is 0 Å². The minimum absolute atomic E-state index is 0.188. The van der Waals surface area contributed by atoms with Crippen LogP contribution in [-0.2, 0) is 28.2 Å². The molecule has 9 heteroatoms. The number of rotatable bonds is 34. The molecule has 0 radical (unpaired) electrons. The Morgan fingerprint density at radius 1 is 0.551 bits per heavy atom. The third kappa shape index (κ3) is 38.4. The molecule has 1 atom stereocenters. The first-order valence-electron chi connectivity index (χ1n) is 19.1. The third-order valence-corrected chi connectivity index (χ3v) is 8.29. The van der Waals surface area contributed by atoms with Crippen molar-refractivity contribution in [1.82, 2.24) is 0 Å². The first-order valence-corrected chi connectivity index (χ1v) is 20.6. The van der Waals surface area contributed by atoms with Crippen LogP contribution in [-0.4, -0.2) is 41.0 Å². The standard InChI is InChI=1S/C40H69O8P/c1-3-5-7-9-11-13-15-17-19-20-21-23-24-26-28-30-32-34-39(41)46-36-38(37-47-49(43,44)45)48-40(42)35-33-31-29-27-25-22-18-16-14-12-10-8-6-4-2/h5,7,11,13,17,19,21,23,26,28,38H,3-4,6,8-10,12,14-16,18,20,22,24-25,27,29-37H2,1-2H3,(H2,43,44,45)/b7-5+,13-11+,19-17+,23-21+,28-26+/t38-/m1/s1. The Morgan fingerprint density at radius 2 is 0.980 bits per heavy atom. The molecule has 49 heavy (non-hydrogen) atoms. The maximum atomic E-state index is 12.4. The highest BCUT2D eigenvalue weighted by atomic mass is 31.2. The summed E-state index contributed by atoms with van der Waals surface area (Å²) in [6.07, 6.45) is 43.7. The minimum Gasteiger partial charge on any atom is -0.462 e. The van der Waals surface area contributed by atoms with Crippen molar-refractivity contribution in [3.63, 3.8) is 0 Å². The van der Waals surface area contributed by atoms with Gasteiger partial charge in [-0.1, -0.05) is 158 Å². The average molecular weight is 709 g/mol. The summed E-state index contributed by atoms with van der Waals surface area (Å²) in [6.45, 7) is 3.51. The maximum Gasteiger partial charge on any atom is 0.469 e. The van der Waals surface area contributed by atoms with Crippen molar-refractivity contribution >= 4 is 19.8 Å². The third-order valence-electron chi connectivity index (χ3n) is 7.80. The van der Waals surface area contributed by atoms with Crippen molar-refractivity contribution in [1.29, 1.82) is 0 Å². The number of esters is 2. The van der Waals surface area contributed by atoms with Crippen LogP contribution >= 0.6 is 7.82 Å². The lowest BCUT2D eigenvalue weighted by molar-refractivity contribution is -0.161. The molecule has 0 amide bonds. The van der Waals surface area contributed by atoms with Crippen LogP contribution in [0.1, 0.15) is 162 Å². The van der Waals surface area contributed by atoms with E-state index in [-0.39, 0.29) is 19.4 Å². The molecule has 0 heterocycles. The van der Waals surface area contributed by atoms with Crippen LogP contribution in [0.3, 0.4) is 0 Å². The molecule has 0 aliphatic rings. The van der Waals surface area contributed by atoms with Gasteiger partial charge in [-0.25, -0.2) is 4.57 Å². The number of allylic oxidation sites excluding steroid dienone is 10. The average Bonchev–Trinajstić information content (AvgIpc) is 3.07. The molecule has 0 rings (SSSR count). The molecule has 2 N–H and O–H groups in total. The van der Waals surface area contributed by atoms with Crippen LogP contribution in [0.4, 0.5) is 0 Å². The quantitative estimate of drug-likeness (QED) is 0.0293. The number of ether oxygens (including phenoxy) is 2. The van der Waals surface area contributed by atoms with Crippen molar-refractivity contribution in [3.05, 3.63) is 60.8 Å². The van der Waals surface area contributed by atoms with Gasteiger partial charge in [0.25, 0.3) is 0 Å². The molecule has 0 fully saturated rings. The fourth-order valence-corrected chi connectivity index (χ4v) is 5.36. The SMILES string of the molecule is CC/C=C/C/C=C/C/C=C/C/C=C/C/C=C/CCCC(=O)OC[C@H](COP(=O)(O)O)OC(=O)CCCCCCCCCCCCCCCC. The van der Waals surface area contributed by atoms with Gasteiger partial charge in [0, 0.05) is 12.8 Å². The Balaban J connectivity index is 4.07. The van der Waals surface area contributed by atoms with Gasteiger partial charge in [0.1, 0.15) is 6.61 Å². The highest BCUT2D eigenvalue weighted by molar-refractivity contribution is 7.46. The summed E-state index contributed by atoms with van der Waals surface area (Å²) in [5.41, 5.74) is 0. The molecule has 0 aromatic carbocycles. The summed E-state index contributed by atoms with van der Waals surface area (Å²) < 4.78 is 26.3. The van der Waals surface area contributed by atoms with E-state index < -0.39 is 32.5 Å². The number of phosphoric ester groups is 1. The molecular weight excluding hydrogens is 639 g/mol. The molecule has 8 nitrogen and oxygen atoms in total. The number of unbranched alkanes of at least 4 members (excludes halogenated alkanes) is 14. The van der Waals surface area contributed by atoms with Gasteiger partial charge in [0.2, 0.25) is 0 Å². The number of phosphoric acid groups is 1. The van der Waals surface area contributed by atoms with Crippen LogP contribution in [0.5, 0.6) is 0 Å². The zero-order chi connectivity index (χ0) is 36.1. The summed E-state index contributed by atoms with van der Waals surface area (Å²) in [4.78, 5) is 42.7. The monoisotopic (exact) mass is 708 g/mol. The van der Waals surface area contributed by atoms with Crippen molar-refractivity contribution in [2.24, 2.45) is 0 Å². The highest BCUT2D eigenvalue weighted by Gasteiger charge is 2.22. The van der Waals surface area contributed by atoms with Gasteiger partial charge in [-0.05, 0) is 51.4 Å². The van der Waals surface area contributed by atoms with E-state index in [1.807, 2.05) is 6.08 Å². The van der Waals surface area contributed by atoms with Crippen molar-refractivity contribution in [3.8, 4) is 0 Å². The molecule has 0 unspecified atom stereocenters. The molecule has 0 aromatic heterocycles. The van der Waals surface area contributed by atoms with Gasteiger partial charge in [0.05, 0.1) is 6.61 Å². The molecular formula is C40H69O8P. The second kappa shape index (κ2) is 35.6. The van der Waals surface area contributed by atoms with E-state index in [0.29, 0.717) is 12.8 Å². The Morgan fingerprint density at radius 3 is 1.45 bits per heavy atom. The molecule has 0 bridgehead atoms. The van der Waals surface area contributed by atoms with E-state index in [1.54, 1.807) is 0 Å². The molecule has 0 aliphatic heterocycles. The zero-order valence-corrected chi connectivity index (χ0v) is 31.7. The van der Waals surface area contributed by atoms with E-state index in [1.165, 1.54) is 64.2 Å². The molecule has 0 aliphatic carbocycles. The number of carbonyl (C=O) groups excluding carboxylic acids is 2. The fourth-order valence-electron chi connectivity index (χ4n) is 5.00. The van der Waals surface area contributed by atoms with Gasteiger partial charge in [-0.3, -0.25) is 14.1 Å². The summed E-state index contributed by atoms with van der Waals surface area (Å²) >= 11 is 0.